The van der Waals surface area contributed by atoms with Gasteiger partial charge in [0.25, 0.3) is 5.89 Å². The van der Waals surface area contributed by atoms with E-state index >= 15 is 0 Å². The van der Waals surface area contributed by atoms with E-state index in [-0.39, 0.29) is 6.04 Å². The van der Waals surface area contributed by atoms with Crippen LogP contribution in [0.4, 0.5) is 8.78 Å². The van der Waals surface area contributed by atoms with Gasteiger partial charge < -0.3 is 9.73 Å². The van der Waals surface area contributed by atoms with Crippen molar-refractivity contribution in [2.75, 3.05) is 7.05 Å². The molecule has 0 amide bonds. The maximum absolute atomic E-state index is 12.7. The van der Waals surface area contributed by atoms with E-state index in [0.29, 0.717) is 12.2 Å². The van der Waals surface area contributed by atoms with Crippen LogP contribution in [0.2, 0.25) is 0 Å². The first-order valence-corrected chi connectivity index (χ1v) is 4.43. The summed E-state index contributed by atoms with van der Waals surface area (Å²) in [5, 5.41) is 2.99. The molecule has 0 saturated heterocycles. The van der Waals surface area contributed by atoms with E-state index in [2.05, 4.69) is 10.3 Å². The number of alkyl halides is 2. The van der Waals surface area contributed by atoms with E-state index in [0.717, 1.165) is 6.92 Å². The molecule has 1 N–H and O–H groups in total. The molecule has 1 unspecified atom stereocenters. The lowest BCUT2D eigenvalue weighted by atomic mass is 10.2. The lowest BCUT2D eigenvalue weighted by Gasteiger charge is -2.07. The Balaban J connectivity index is 2.69. The topological polar surface area (TPSA) is 38.1 Å². The molecule has 80 valence electrons. The van der Waals surface area contributed by atoms with Gasteiger partial charge in [0, 0.05) is 19.4 Å². The number of hydrogen-bond acceptors (Lipinski definition) is 3. The maximum Gasteiger partial charge on any atom is 0.319 e. The number of halogens is 2. The van der Waals surface area contributed by atoms with Gasteiger partial charge in [-0.2, -0.15) is 8.78 Å². The molecule has 3 nitrogen and oxygen atoms in total. The summed E-state index contributed by atoms with van der Waals surface area (Å²) in [6.07, 6.45) is 1.90. The predicted octanol–water partition coefficient (Wildman–Crippen LogP) is 1.94. The lowest BCUT2D eigenvalue weighted by Crippen LogP contribution is -2.23. The molecule has 14 heavy (non-hydrogen) atoms. The highest BCUT2D eigenvalue weighted by atomic mass is 19.3. The number of hydrogen-bond donors (Lipinski definition) is 1. The van der Waals surface area contributed by atoms with Gasteiger partial charge in [-0.05, 0) is 14.0 Å². The first-order valence-electron chi connectivity index (χ1n) is 4.43. The van der Waals surface area contributed by atoms with Crippen molar-refractivity contribution in [1.82, 2.24) is 10.3 Å². The van der Waals surface area contributed by atoms with Gasteiger partial charge >= 0.3 is 5.92 Å². The molecule has 0 aliphatic carbocycles. The fraction of sp³-hybridized carbons (Fsp3) is 0.667. The number of aromatic nitrogens is 1. The van der Waals surface area contributed by atoms with Crippen molar-refractivity contribution in [1.29, 1.82) is 0 Å². The second kappa shape index (κ2) is 4.04. The molecular formula is C9H14F2N2O. The zero-order valence-corrected chi connectivity index (χ0v) is 8.47. The van der Waals surface area contributed by atoms with Gasteiger partial charge in [0.15, 0.2) is 0 Å². The molecule has 1 heterocycles. The SMILES string of the molecule is CNC(C)Cc1cnc(C(C)(F)F)o1. The molecule has 0 aliphatic heterocycles. The van der Waals surface area contributed by atoms with Crippen LogP contribution in [0.3, 0.4) is 0 Å². The number of nitrogens with zero attached hydrogens (tertiary/aromatic N) is 1. The zero-order valence-electron chi connectivity index (χ0n) is 8.47. The van der Waals surface area contributed by atoms with Gasteiger partial charge in [0.1, 0.15) is 5.76 Å². The summed E-state index contributed by atoms with van der Waals surface area (Å²) in [5.74, 6) is -3.04. The Morgan fingerprint density at radius 2 is 2.29 bits per heavy atom. The van der Waals surface area contributed by atoms with Crippen molar-refractivity contribution in [2.45, 2.75) is 32.2 Å². The molecule has 1 atom stereocenters. The van der Waals surface area contributed by atoms with Crippen LogP contribution in [0.5, 0.6) is 0 Å². The Bertz CT molecular complexity index is 293. The largest absolute Gasteiger partial charge is 0.440 e. The van der Waals surface area contributed by atoms with E-state index in [1.165, 1.54) is 6.20 Å². The molecule has 5 heteroatoms. The summed E-state index contributed by atoms with van der Waals surface area (Å²) >= 11 is 0. The Kier molecular flexibility index (Phi) is 3.21. The third kappa shape index (κ3) is 2.77. The average Bonchev–Trinajstić information content (AvgIpc) is 2.51. The highest BCUT2D eigenvalue weighted by Crippen LogP contribution is 2.26. The van der Waals surface area contributed by atoms with Crippen LogP contribution in [0.1, 0.15) is 25.5 Å². The normalized spacial score (nSPS) is 14.4. The number of nitrogens with one attached hydrogen (secondary N) is 1. The minimum atomic E-state index is -3.00. The van der Waals surface area contributed by atoms with Gasteiger partial charge in [0.2, 0.25) is 0 Å². The molecule has 0 aromatic carbocycles. The maximum atomic E-state index is 12.7. The molecule has 0 spiro atoms. The zero-order chi connectivity index (χ0) is 10.8. The predicted molar refractivity (Wildman–Crippen MR) is 48.3 cm³/mol. The fourth-order valence-electron chi connectivity index (χ4n) is 1.01. The van der Waals surface area contributed by atoms with Crippen molar-refractivity contribution in [2.24, 2.45) is 0 Å². The Morgan fingerprint density at radius 1 is 1.64 bits per heavy atom. The molecule has 0 bridgehead atoms. The Hall–Kier alpha value is -0.970. The van der Waals surface area contributed by atoms with E-state index in [9.17, 15) is 8.78 Å². The summed E-state index contributed by atoms with van der Waals surface area (Å²) in [6, 6.07) is 0.182. The van der Waals surface area contributed by atoms with Crippen molar-refractivity contribution < 1.29 is 13.2 Å². The third-order valence-electron chi connectivity index (χ3n) is 1.93. The lowest BCUT2D eigenvalue weighted by molar-refractivity contribution is -0.0118. The second-order valence-corrected chi connectivity index (χ2v) is 3.41. The van der Waals surface area contributed by atoms with Gasteiger partial charge in [-0.25, -0.2) is 4.98 Å². The standard InChI is InChI=1S/C9H14F2N2O/c1-6(12-3)4-7-5-13-8(14-7)9(2,10)11/h5-6,12H,4H2,1-3H3. The molecule has 0 saturated carbocycles. The van der Waals surface area contributed by atoms with Crippen LogP contribution in [-0.2, 0) is 12.3 Å². The summed E-state index contributed by atoms with van der Waals surface area (Å²) < 4.78 is 30.4. The van der Waals surface area contributed by atoms with Crippen LogP contribution in [0, 0.1) is 0 Å². The fourth-order valence-corrected chi connectivity index (χ4v) is 1.01. The van der Waals surface area contributed by atoms with E-state index in [1.807, 2.05) is 6.92 Å². The van der Waals surface area contributed by atoms with Gasteiger partial charge in [-0.15, -0.1) is 0 Å². The highest BCUT2D eigenvalue weighted by molar-refractivity contribution is 4.99. The molecule has 0 radical (unpaired) electrons. The Morgan fingerprint density at radius 3 is 2.71 bits per heavy atom. The highest BCUT2D eigenvalue weighted by Gasteiger charge is 2.30. The molecule has 1 rings (SSSR count). The van der Waals surface area contributed by atoms with Gasteiger partial charge in [0.05, 0.1) is 6.20 Å². The molecule has 1 aromatic heterocycles. The van der Waals surface area contributed by atoms with Gasteiger partial charge in [-0.1, -0.05) is 0 Å². The third-order valence-corrected chi connectivity index (χ3v) is 1.93. The Labute approximate surface area is 81.5 Å². The van der Waals surface area contributed by atoms with Crippen LogP contribution in [0.25, 0.3) is 0 Å². The minimum absolute atomic E-state index is 0.182. The van der Waals surface area contributed by atoms with Crippen molar-refractivity contribution >= 4 is 0 Å². The minimum Gasteiger partial charge on any atom is -0.440 e. The number of likely N-dealkylation sites (N-methyl/N-ethyl adjacent to an activating group) is 1. The smallest absolute Gasteiger partial charge is 0.319 e. The van der Waals surface area contributed by atoms with Gasteiger partial charge in [-0.3, -0.25) is 0 Å². The van der Waals surface area contributed by atoms with E-state index in [1.54, 1.807) is 7.05 Å². The summed E-state index contributed by atoms with van der Waals surface area (Å²) in [4.78, 5) is 3.53. The van der Waals surface area contributed by atoms with Crippen LogP contribution < -0.4 is 5.32 Å². The van der Waals surface area contributed by atoms with E-state index in [4.69, 9.17) is 4.42 Å². The first kappa shape index (κ1) is 11.1. The molecule has 1 aromatic rings. The number of rotatable bonds is 4. The number of oxazole rings is 1. The molecule has 0 aliphatic rings. The second-order valence-electron chi connectivity index (χ2n) is 3.41. The monoisotopic (exact) mass is 204 g/mol. The summed E-state index contributed by atoms with van der Waals surface area (Å²) in [6.45, 7) is 2.70. The van der Waals surface area contributed by atoms with Crippen LogP contribution in [0.15, 0.2) is 10.6 Å². The molecule has 0 fully saturated rings. The summed E-state index contributed by atoms with van der Waals surface area (Å²) in [7, 11) is 1.80. The molecular weight excluding hydrogens is 190 g/mol. The first-order chi connectivity index (χ1) is 6.43. The summed E-state index contributed by atoms with van der Waals surface area (Å²) in [5.41, 5.74) is 0. The van der Waals surface area contributed by atoms with Crippen molar-refractivity contribution in [3.05, 3.63) is 17.8 Å². The van der Waals surface area contributed by atoms with Crippen molar-refractivity contribution in [3.8, 4) is 0 Å². The van der Waals surface area contributed by atoms with E-state index < -0.39 is 11.8 Å². The van der Waals surface area contributed by atoms with Crippen LogP contribution >= 0.6 is 0 Å². The quantitative estimate of drug-likeness (QED) is 0.814. The van der Waals surface area contributed by atoms with Crippen molar-refractivity contribution in [3.63, 3.8) is 0 Å². The average molecular weight is 204 g/mol. The van der Waals surface area contributed by atoms with Crippen LogP contribution in [-0.4, -0.2) is 18.1 Å².